The number of hydrogen-bond acceptors (Lipinski definition) is 1. The summed E-state index contributed by atoms with van der Waals surface area (Å²) in [6.07, 6.45) is -4.18. The quantitative estimate of drug-likeness (QED) is 0.770. The first-order valence-corrected chi connectivity index (χ1v) is 7.25. The van der Waals surface area contributed by atoms with Crippen molar-refractivity contribution in [3.8, 4) is 0 Å². The van der Waals surface area contributed by atoms with Gasteiger partial charge in [0, 0.05) is 34.3 Å². The highest BCUT2D eigenvalue weighted by atomic mass is 35.5. The van der Waals surface area contributed by atoms with Crippen LogP contribution in [0.2, 0.25) is 0 Å². The lowest BCUT2D eigenvalue weighted by Gasteiger charge is -2.22. The Morgan fingerprint density at radius 2 is 2.05 bits per heavy atom. The van der Waals surface area contributed by atoms with Gasteiger partial charge in [-0.3, -0.25) is 4.79 Å². The molecule has 0 aliphatic carbocycles. The topological polar surface area (TPSA) is 34.0 Å². The molecular weight excluding hydrogens is 317 g/mol. The molecule has 22 heavy (non-hydrogen) atoms. The van der Waals surface area contributed by atoms with Gasteiger partial charge in [-0.05, 0) is 31.5 Å². The van der Waals surface area contributed by atoms with Gasteiger partial charge in [0.1, 0.15) is 6.54 Å². The van der Waals surface area contributed by atoms with Crippen LogP contribution in [0.5, 0.6) is 0 Å². The van der Waals surface area contributed by atoms with E-state index in [1.165, 1.54) is 4.57 Å². The third-order valence-electron chi connectivity index (χ3n) is 4.13. The van der Waals surface area contributed by atoms with Crippen molar-refractivity contribution in [1.82, 2.24) is 4.57 Å². The van der Waals surface area contributed by atoms with Crippen LogP contribution in [0.25, 0.3) is 10.9 Å². The molecule has 1 aromatic heterocycles. The first-order valence-electron chi connectivity index (χ1n) is 6.82. The number of alkyl halides is 4. The smallest absolute Gasteiger partial charge is 0.335 e. The highest BCUT2D eigenvalue weighted by Gasteiger charge is 2.32. The molecule has 1 amide bonds. The van der Waals surface area contributed by atoms with Gasteiger partial charge in [0.25, 0.3) is 0 Å². The fourth-order valence-corrected chi connectivity index (χ4v) is 3.44. The minimum atomic E-state index is -4.30. The molecule has 0 bridgehead atoms. The number of rotatable bonds is 1. The zero-order valence-electron chi connectivity index (χ0n) is 12.0. The first-order chi connectivity index (χ1) is 10.2. The molecular formula is C15H14ClF3N2O. The Hall–Kier alpha value is -1.69. The maximum Gasteiger partial charge on any atom is 0.406 e. The number of nitrogens with one attached hydrogen (secondary N) is 1. The maximum absolute atomic E-state index is 12.8. The van der Waals surface area contributed by atoms with Gasteiger partial charge in [-0.2, -0.15) is 13.2 Å². The Bertz CT molecular complexity index is 779. The number of nitrogens with zero attached hydrogens (tertiary/aromatic N) is 1. The molecule has 7 heteroatoms. The van der Waals surface area contributed by atoms with Crippen molar-refractivity contribution < 1.29 is 18.0 Å². The summed E-state index contributed by atoms with van der Waals surface area (Å²) in [6.45, 7) is 2.41. The Labute approximate surface area is 130 Å². The van der Waals surface area contributed by atoms with E-state index in [-0.39, 0.29) is 12.3 Å². The van der Waals surface area contributed by atoms with Crippen molar-refractivity contribution in [3.05, 3.63) is 29.0 Å². The molecule has 3 nitrogen and oxygen atoms in total. The van der Waals surface area contributed by atoms with Crippen LogP contribution in [0.15, 0.2) is 12.1 Å². The van der Waals surface area contributed by atoms with Crippen LogP contribution in [-0.4, -0.2) is 16.7 Å². The Morgan fingerprint density at radius 1 is 1.36 bits per heavy atom. The van der Waals surface area contributed by atoms with E-state index in [0.717, 1.165) is 5.56 Å². The molecule has 0 spiro atoms. The summed E-state index contributed by atoms with van der Waals surface area (Å²) < 4.78 is 39.7. The van der Waals surface area contributed by atoms with E-state index in [1.54, 1.807) is 26.0 Å². The molecule has 1 aliphatic heterocycles. The minimum absolute atomic E-state index is 0.122. The number of benzene rings is 1. The summed E-state index contributed by atoms with van der Waals surface area (Å²) in [5.74, 6) is -0.184. The number of amides is 1. The molecule has 2 heterocycles. The zero-order valence-corrected chi connectivity index (χ0v) is 12.8. The third-order valence-corrected chi connectivity index (χ3v) is 4.50. The van der Waals surface area contributed by atoms with Gasteiger partial charge in [0.15, 0.2) is 0 Å². The van der Waals surface area contributed by atoms with E-state index in [2.05, 4.69) is 5.32 Å². The molecule has 1 unspecified atom stereocenters. The zero-order chi connectivity index (χ0) is 16.2. The van der Waals surface area contributed by atoms with Crippen LogP contribution >= 0.6 is 11.6 Å². The molecule has 3 rings (SSSR count). The summed E-state index contributed by atoms with van der Waals surface area (Å²) in [7, 11) is 0. The van der Waals surface area contributed by atoms with Gasteiger partial charge in [-0.1, -0.05) is 0 Å². The Balaban J connectivity index is 2.29. The van der Waals surface area contributed by atoms with Crippen LogP contribution in [0, 0.1) is 13.8 Å². The summed E-state index contributed by atoms with van der Waals surface area (Å²) in [6, 6.07) is 3.23. The molecule has 118 valence electrons. The standard InChI is InChI=1S/C15H14ClF3N2O/c1-7-8(2)21(6-15(17,18)19)11-4-3-10-14(13(7)11)9(16)5-12(22)20-10/h3-4,9H,5-6H2,1-2H3,(H,20,22). The summed E-state index contributed by atoms with van der Waals surface area (Å²) in [4.78, 5) is 11.6. The van der Waals surface area contributed by atoms with Gasteiger partial charge >= 0.3 is 6.18 Å². The number of halogens is 4. The minimum Gasteiger partial charge on any atom is -0.335 e. The lowest BCUT2D eigenvalue weighted by Crippen LogP contribution is -2.21. The fourth-order valence-electron chi connectivity index (χ4n) is 3.07. The highest BCUT2D eigenvalue weighted by molar-refractivity contribution is 6.25. The SMILES string of the molecule is Cc1c(C)n(CC(F)(F)F)c2ccc3c(c12)C(Cl)CC(=O)N3. The van der Waals surface area contributed by atoms with Gasteiger partial charge in [0.2, 0.25) is 5.91 Å². The number of anilines is 1. The molecule has 0 saturated heterocycles. The summed E-state index contributed by atoms with van der Waals surface area (Å²) in [5.41, 5.74) is 3.10. The number of hydrogen-bond donors (Lipinski definition) is 1. The predicted molar refractivity (Wildman–Crippen MR) is 79.3 cm³/mol. The van der Waals surface area contributed by atoms with Crippen LogP contribution < -0.4 is 5.32 Å². The van der Waals surface area contributed by atoms with Gasteiger partial charge in [-0.25, -0.2) is 0 Å². The predicted octanol–water partition coefficient (Wildman–Crippen LogP) is 4.44. The largest absolute Gasteiger partial charge is 0.406 e. The fraction of sp³-hybridized carbons (Fsp3) is 0.400. The van der Waals surface area contributed by atoms with E-state index < -0.39 is 18.1 Å². The number of aromatic nitrogens is 1. The number of fused-ring (bicyclic) bond motifs is 3. The first kappa shape index (κ1) is 15.2. The average Bonchev–Trinajstić information content (AvgIpc) is 2.62. The number of aryl methyl sites for hydroxylation is 1. The van der Waals surface area contributed by atoms with Gasteiger partial charge in [-0.15, -0.1) is 11.6 Å². The van der Waals surface area contributed by atoms with Crippen LogP contribution in [0.4, 0.5) is 18.9 Å². The van der Waals surface area contributed by atoms with Crippen LogP contribution in [0.1, 0.15) is 28.6 Å². The molecule has 1 aromatic carbocycles. The normalized spacial score (nSPS) is 18.5. The second kappa shape index (κ2) is 4.91. The van der Waals surface area contributed by atoms with Crippen molar-refractivity contribution in [2.75, 3.05) is 5.32 Å². The molecule has 1 N–H and O–H groups in total. The maximum atomic E-state index is 12.8. The second-order valence-electron chi connectivity index (χ2n) is 5.55. The van der Waals surface area contributed by atoms with E-state index in [9.17, 15) is 18.0 Å². The van der Waals surface area contributed by atoms with Gasteiger partial charge in [0.05, 0.1) is 5.38 Å². The summed E-state index contributed by atoms with van der Waals surface area (Å²) >= 11 is 6.30. The highest BCUT2D eigenvalue weighted by Crippen LogP contribution is 2.43. The van der Waals surface area contributed by atoms with Crippen molar-refractivity contribution in [3.63, 3.8) is 0 Å². The van der Waals surface area contributed by atoms with E-state index in [4.69, 9.17) is 11.6 Å². The number of carbonyl (C=O) groups excluding carboxylic acids is 1. The van der Waals surface area contributed by atoms with Crippen molar-refractivity contribution in [2.24, 2.45) is 0 Å². The van der Waals surface area contributed by atoms with Crippen LogP contribution in [0.3, 0.4) is 0 Å². The molecule has 1 aliphatic rings. The van der Waals surface area contributed by atoms with Gasteiger partial charge < -0.3 is 9.88 Å². The van der Waals surface area contributed by atoms with Crippen LogP contribution in [-0.2, 0) is 11.3 Å². The van der Waals surface area contributed by atoms with E-state index in [1.807, 2.05) is 0 Å². The van der Waals surface area contributed by atoms with E-state index in [0.29, 0.717) is 27.8 Å². The lowest BCUT2D eigenvalue weighted by atomic mass is 9.96. The lowest BCUT2D eigenvalue weighted by molar-refractivity contribution is -0.140. The van der Waals surface area contributed by atoms with E-state index >= 15 is 0 Å². The molecule has 0 radical (unpaired) electrons. The molecule has 2 aromatic rings. The molecule has 0 saturated carbocycles. The number of carbonyl (C=O) groups is 1. The van der Waals surface area contributed by atoms with Crippen molar-refractivity contribution in [2.45, 2.75) is 38.4 Å². The van der Waals surface area contributed by atoms with Crippen molar-refractivity contribution in [1.29, 1.82) is 0 Å². The molecule has 1 atom stereocenters. The third kappa shape index (κ3) is 2.35. The van der Waals surface area contributed by atoms with Crippen molar-refractivity contribution >= 4 is 34.1 Å². The molecule has 0 fully saturated rings. The Morgan fingerprint density at radius 3 is 2.68 bits per heavy atom. The monoisotopic (exact) mass is 330 g/mol. The average molecular weight is 331 g/mol. The summed E-state index contributed by atoms with van der Waals surface area (Å²) in [5, 5.41) is 2.90. The Kier molecular flexibility index (Phi) is 3.40. The second-order valence-corrected chi connectivity index (χ2v) is 6.08.